The van der Waals surface area contributed by atoms with E-state index in [4.69, 9.17) is 0 Å². The molecule has 0 aliphatic rings. The molecule has 0 N–H and O–H groups in total. The molecular weight excluding hydrogens is 302 g/mol. The second-order valence-corrected chi connectivity index (χ2v) is 5.39. The third kappa shape index (κ3) is 3.93. The quantitative estimate of drug-likeness (QED) is 0.840. The lowest BCUT2D eigenvalue weighted by atomic mass is 10.1. The zero-order chi connectivity index (χ0) is 13.7. The zero-order valence-corrected chi connectivity index (χ0v) is 12.4. The van der Waals surface area contributed by atoms with Crippen molar-refractivity contribution >= 4 is 21.8 Å². The van der Waals surface area contributed by atoms with Crippen LogP contribution in [0.25, 0.3) is 0 Å². The molecule has 2 aromatic rings. The molecule has 0 fully saturated rings. The van der Waals surface area contributed by atoms with Crippen LogP contribution in [0, 0.1) is 0 Å². The third-order valence-corrected chi connectivity index (χ3v) is 3.49. The number of benzene rings is 2. The van der Waals surface area contributed by atoms with Crippen LogP contribution in [-0.2, 0) is 6.42 Å². The number of hydrogen-bond acceptors (Lipinski definition) is 1. The van der Waals surface area contributed by atoms with Crippen LogP contribution >= 0.6 is 15.9 Å². The average Bonchev–Trinajstić information content (AvgIpc) is 2.45. The third-order valence-electron chi connectivity index (χ3n) is 3.00. The van der Waals surface area contributed by atoms with Gasteiger partial charge in [0.1, 0.15) is 0 Å². The summed E-state index contributed by atoms with van der Waals surface area (Å²) in [6.07, 6.45) is 0.872. The van der Waals surface area contributed by atoms with E-state index in [1.807, 2.05) is 49.5 Å². The van der Waals surface area contributed by atoms with E-state index < -0.39 is 0 Å². The Hall–Kier alpha value is -1.61. The van der Waals surface area contributed by atoms with Crippen LogP contribution in [0.5, 0.6) is 0 Å². The predicted octanol–water partition coefficient (Wildman–Crippen LogP) is 3.76. The van der Waals surface area contributed by atoms with Crippen molar-refractivity contribution in [2.75, 3.05) is 13.6 Å². The first-order valence-electron chi connectivity index (χ1n) is 6.22. The summed E-state index contributed by atoms with van der Waals surface area (Å²) in [6.45, 7) is 0.718. The van der Waals surface area contributed by atoms with Gasteiger partial charge in [-0.15, -0.1) is 0 Å². The highest BCUT2D eigenvalue weighted by Gasteiger charge is 2.11. The smallest absolute Gasteiger partial charge is 0.253 e. The van der Waals surface area contributed by atoms with Crippen LogP contribution < -0.4 is 0 Å². The maximum Gasteiger partial charge on any atom is 0.253 e. The number of hydrogen-bond donors (Lipinski definition) is 0. The molecule has 19 heavy (non-hydrogen) atoms. The number of likely N-dealkylation sites (N-methyl/N-ethyl adjacent to an activating group) is 1. The highest BCUT2D eigenvalue weighted by atomic mass is 79.9. The van der Waals surface area contributed by atoms with Crippen molar-refractivity contribution < 1.29 is 4.79 Å². The number of carbonyl (C=O) groups excluding carboxylic acids is 1. The van der Waals surface area contributed by atoms with Gasteiger partial charge in [-0.2, -0.15) is 0 Å². The first kappa shape index (κ1) is 13.8. The molecule has 0 unspecified atom stereocenters. The molecule has 0 heterocycles. The van der Waals surface area contributed by atoms with E-state index >= 15 is 0 Å². The van der Waals surface area contributed by atoms with E-state index in [1.165, 1.54) is 5.56 Å². The van der Waals surface area contributed by atoms with Crippen molar-refractivity contribution in [3.63, 3.8) is 0 Å². The zero-order valence-electron chi connectivity index (χ0n) is 10.8. The van der Waals surface area contributed by atoms with Gasteiger partial charge in [0.25, 0.3) is 5.91 Å². The van der Waals surface area contributed by atoms with Gasteiger partial charge in [-0.05, 0) is 30.2 Å². The minimum atomic E-state index is 0.0530. The second kappa shape index (κ2) is 6.53. The average molecular weight is 318 g/mol. The number of carbonyl (C=O) groups is 1. The Kier molecular flexibility index (Phi) is 4.74. The van der Waals surface area contributed by atoms with E-state index in [0.717, 1.165) is 17.4 Å². The molecule has 3 heteroatoms. The molecule has 0 aromatic heterocycles. The molecule has 0 saturated heterocycles. The summed E-state index contributed by atoms with van der Waals surface area (Å²) in [5.74, 6) is 0.0530. The van der Waals surface area contributed by atoms with Gasteiger partial charge in [0.05, 0.1) is 0 Å². The molecule has 2 rings (SSSR count). The van der Waals surface area contributed by atoms with Gasteiger partial charge in [0.2, 0.25) is 0 Å². The summed E-state index contributed by atoms with van der Waals surface area (Å²) in [4.78, 5) is 14.0. The summed E-state index contributed by atoms with van der Waals surface area (Å²) < 4.78 is 0.926. The normalized spacial score (nSPS) is 10.2. The van der Waals surface area contributed by atoms with Gasteiger partial charge in [0, 0.05) is 23.6 Å². The minimum Gasteiger partial charge on any atom is -0.341 e. The molecule has 2 aromatic carbocycles. The standard InChI is InChI=1S/C16H16BrNO/c1-18(11-10-13-6-3-2-4-7-13)16(19)14-8-5-9-15(17)12-14/h2-9,12H,10-11H2,1H3. The second-order valence-electron chi connectivity index (χ2n) is 4.47. The van der Waals surface area contributed by atoms with Crippen molar-refractivity contribution in [3.8, 4) is 0 Å². The van der Waals surface area contributed by atoms with Crippen LogP contribution in [0.3, 0.4) is 0 Å². The summed E-state index contributed by atoms with van der Waals surface area (Å²) in [5, 5.41) is 0. The Morgan fingerprint density at radius 2 is 1.84 bits per heavy atom. The Labute approximate surface area is 122 Å². The fourth-order valence-corrected chi connectivity index (χ4v) is 2.28. The molecule has 0 radical (unpaired) electrons. The van der Waals surface area contributed by atoms with E-state index in [0.29, 0.717) is 5.56 Å². The molecule has 0 bridgehead atoms. The number of amides is 1. The van der Waals surface area contributed by atoms with Crippen LogP contribution in [0.1, 0.15) is 15.9 Å². The highest BCUT2D eigenvalue weighted by Crippen LogP contribution is 2.13. The maximum atomic E-state index is 12.2. The van der Waals surface area contributed by atoms with Crippen LogP contribution in [0.2, 0.25) is 0 Å². The van der Waals surface area contributed by atoms with E-state index in [2.05, 4.69) is 28.1 Å². The molecule has 0 aliphatic heterocycles. The monoisotopic (exact) mass is 317 g/mol. The van der Waals surface area contributed by atoms with Crippen molar-refractivity contribution in [1.82, 2.24) is 4.90 Å². The van der Waals surface area contributed by atoms with E-state index in [-0.39, 0.29) is 5.91 Å². The SMILES string of the molecule is CN(CCc1ccccc1)C(=O)c1cccc(Br)c1. The fourth-order valence-electron chi connectivity index (χ4n) is 1.88. The van der Waals surface area contributed by atoms with Crippen LogP contribution in [-0.4, -0.2) is 24.4 Å². The first-order chi connectivity index (χ1) is 9.16. The summed E-state index contributed by atoms with van der Waals surface area (Å²) in [6, 6.07) is 17.7. The maximum absolute atomic E-state index is 12.2. The van der Waals surface area contributed by atoms with Crippen molar-refractivity contribution in [2.45, 2.75) is 6.42 Å². The molecular formula is C16H16BrNO. The van der Waals surface area contributed by atoms with E-state index in [1.54, 1.807) is 4.90 Å². The topological polar surface area (TPSA) is 20.3 Å². The Balaban J connectivity index is 1.96. The van der Waals surface area contributed by atoms with Crippen LogP contribution in [0.15, 0.2) is 59.1 Å². The summed E-state index contributed by atoms with van der Waals surface area (Å²) in [7, 11) is 1.84. The lowest BCUT2D eigenvalue weighted by Crippen LogP contribution is -2.28. The fraction of sp³-hybridized carbons (Fsp3) is 0.188. The number of rotatable bonds is 4. The molecule has 1 amide bonds. The molecule has 0 aliphatic carbocycles. The summed E-state index contributed by atoms with van der Waals surface area (Å²) in [5.41, 5.74) is 1.96. The summed E-state index contributed by atoms with van der Waals surface area (Å²) >= 11 is 3.38. The Morgan fingerprint density at radius 3 is 2.53 bits per heavy atom. The molecule has 0 saturated carbocycles. The van der Waals surface area contributed by atoms with Gasteiger partial charge in [-0.1, -0.05) is 52.3 Å². The van der Waals surface area contributed by atoms with Crippen LogP contribution in [0.4, 0.5) is 0 Å². The van der Waals surface area contributed by atoms with Gasteiger partial charge < -0.3 is 4.90 Å². The van der Waals surface area contributed by atoms with Gasteiger partial charge in [0.15, 0.2) is 0 Å². The minimum absolute atomic E-state index is 0.0530. The van der Waals surface area contributed by atoms with Crippen molar-refractivity contribution in [3.05, 3.63) is 70.2 Å². The van der Waals surface area contributed by atoms with Gasteiger partial charge in [-0.25, -0.2) is 0 Å². The van der Waals surface area contributed by atoms with Crippen molar-refractivity contribution in [2.24, 2.45) is 0 Å². The highest BCUT2D eigenvalue weighted by molar-refractivity contribution is 9.10. The number of halogens is 1. The molecule has 0 spiro atoms. The lowest BCUT2D eigenvalue weighted by Gasteiger charge is -2.17. The number of nitrogens with zero attached hydrogens (tertiary/aromatic N) is 1. The molecule has 0 atom stereocenters. The predicted molar refractivity (Wildman–Crippen MR) is 81.2 cm³/mol. The van der Waals surface area contributed by atoms with E-state index in [9.17, 15) is 4.79 Å². The van der Waals surface area contributed by atoms with Gasteiger partial charge in [-0.3, -0.25) is 4.79 Å². The Bertz CT molecular complexity index is 554. The first-order valence-corrected chi connectivity index (χ1v) is 7.01. The lowest BCUT2D eigenvalue weighted by molar-refractivity contribution is 0.0796. The van der Waals surface area contributed by atoms with Crippen molar-refractivity contribution in [1.29, 1.82) is 0 Å². The largest absolute Gasteiger partial charge is 0.341 e. The molecule has 98 valence electrons. The Morgan fingerprint density at radius 1 is 1.11 bits per heavy atom. The molecule has 2 nitrogen and oxygen atoms in total. The van der Waals surface area contributed by atoms with Gasteiger partial charge >= 0.3 is 0 Å².